The van der Waals surface area contributed by atoms with Crippen LogP contribution in [-0.2, 0) is 17.8 Å². The largest absolute Gasteiger partial charge is 0.494 e. The number of carbonyl (C=O) groups excluding carboxylic acids is 1. The second kappa shape index (κ2) is 8.94. The van der Waals surface area contributed by atoms with E-state index in [9.17, 15) is 18.7 Å². The number of nitrogens with one attached hydrogen (secondary N) is 1. The molecule has 3 aromatic carbocycles. The first-order chi connectivity index (χ1) is 16.5. The Labute approximate surface area is 194 Å². The highest BCUT2D eigenvalue weighted by atomic mass is 19.1. The Morgan fingerprint density at radius 1 is 0.971 bits per heavy atom. The Hall–Kier alpha value is -4.26. The molecule has 5 nitrogen and oxygen atoms in total. The number of rotatable bonds is 6. The number of anilines is 1. The molecule has 0 bridgehead atoms. The minimum absolute atomic E-state index is 0.0603. The summed E-state index contributed by atoms with van der Waals surface area (Å²) in [5.74, 6) is -0.774. The number of benzene rings is 3. The number of fused-ring (bicyclic) bond motifs is 2. The Balaban J connectivity index is 1.41. The summed E-state index contributed by atoms with van der Waals surface area (Å²) in [7, 11) is 0. The number of hydrogen-bond acceptors (Lipinski definition) is 3. The quantitative estimate of drug-likeness (QED) is 0.339. The number of halogens is 2. The molecule has 0 saturated heterocycles. The molecule has 170 valence electrons. The maximum absolute atomic E-state index is 14.8. The highest BCUT2D eigenvalue weighted by molar-refractivity contribution is 5.94. The average molecular weight is 457 g/mol. The van der Waals surface area contributed by atoms with E-state index in [0.717, 1.165) is 16.3 Å². The van der Waals surface area contributed by atoms with Crippen molar-refractivity contribution in [3.8, 4) is 5.88 Å². The van der Waals surface area contributed by atoms with Crippen molar-refractivity contribution in [1.29, 1.82) is 0 Å². The van der Waals surface area contributed by atoms with Crippen molar-refractivity contribution in [3.05, 3.63) is 102 Å². The predicted molar refractivity (Wildman–Crippen MR) is 128 cm³/mol. The third-order valence-electron chi connectivity index (χ3n) is 5.87. The van der Waals surface area contributed by atoms with E-state index in [1.165, 1.54) is 24.3 Å². The molecule has 2 aromatic heterocycles. The lowest BCUT2D eigenvalue weighted by Crippen LogP contribution is -2.15. The number of carbonyl (C=O) groups is 1. The van der Waals surface area contributed by atoms with Crippen molar-refractivity contribution >= 4 is 33.3 Å². The highest BCUT2D eigenvalue weighted by Gasteiger charge is 2.20. The molecular weight excluding hydrogens is 436 g/mol. The van der Waals surface area contributed by atoms with Crippen LogP contribution in [0.1, 0.15) is 17.7 Å². The van der Waals surface area contributed by atoms with Crippen LogP contribution in [0, 0.1) is 11.6 Å². The van der Waals surface area contributed by atoms with Crippen LogP contribution < -0.4 is 5.32 Å². The molecule has 5 rings (SSSR count). The van der Waals surface area contributed by atoms with Crippen LogP contribution >= 0.6 is 0 Å². The molecule has 0 spiro atoms. The van der Waals surface area contributed by atoms with Gasteiger partial charge in [0.05, 0.1) is 6.54 Å². The smallest absolute Gasteiger partial charge is 0.225 e. The summed E-state index contributed by atoms with van der Waals surface area (Å²) < 4.78 is 29.7. The number of nitrogens with zero attached hydrogens (tertiary/aromatic N) is 2. The molecular formula is C27H21F2N3O2. The van der Waals surface area contributed by atoms with Crippen molar-refractivity contribution in [3.63, 3.8) is 0 Å². The van der Waals surface area contributed by atoms with Gasteiger partial charge in [-0.15, -0.1) is 0 Å². The molecule has 0 aliphatic heterocycles. The summed E-state index contributed by atoms with van der Waals surface area (Å²) in [6.07, 6.45) is 1.95. The van der Waals surface area contributed by atoms with E-state index in [0.29, 0.717) is 16.9 Å². The summed E-state index contributed by atoms with van der Waals surface area (Å²) in [5, 5.41) is 16.2. The number of aryl methyl sites for hydroxylation is 1. The molecule has 0 aliphatic carbocycles. The molecule has 2 heterocycles. The Morgan fingerprint density at radius 3 is 2.53 bits per heavy atom. The molecule has 0 atom stereocenters. The number of amides is 1. The van der Waals surface area contributed by atoms with Gasteiger partial charge >= 0.3 is 0 Å². The first-order valence-corrected chi connectivity index (χ1v) is 10.9. The molecule has 7 heteroatoms. The Kier molecular flexibility index (Phi) is 5.67. The Bertz CT molecular complexity index is 1510. The normalized spacial score (nSPS) is 11.2. The fourth-order valence-electron chi connectivity index (χ4n) is 4.20. The van der Waals surface area contributed by atoms with Crippen LogP contribution in [0.5, 0.6) is 5.88 Å². The lowest BCUT2D eigenvalue weighted by atomic mass is 10.1. The van der Waals surface area contributed by atoms with Crippen LogP contribution in [-0.4, -0.2) is 20.6 Å². The van der Waals surface area contributed by atoms with E-state index in [1.54, 1.807) is 35.0 Å². The number of aromatic hydroxyl groups is 1. The zero-order valence-corrected chi connectivity index (χ0v) is 18.1. The second-order valence-electron chi connectivity index (χ2n) is 8.11. The van der Waals surface area contributed by atoms with E-state index >= 15 is 0 Å². The van der Waals surface area contributed by atoms with Crippen LogP contribution in [0.3, 0.4) is 0 Å². The van der Waals surface area contributed by atoms with Gasteiger partial charge < -0.3 is 15.0 Å². The number of pyridine rings is 1. The summed E-state index contributed by atoms with van der Waals surface area (Å²) in [6, 6.07) is 19.9. The van der Waals surface area contributed by atoms with E-state index in [-0.39, 0.29) is 42.4 Å². The predicted octanol–water partition coefficient (Wildman–Crippen LogP) is 5.79. The summed E-state index contributed by atoms with van der Waals surface area (Å²) >= 11 is 0. The summed E-state index contributed by atoms with van der Waals surface area (Å²) in [6.45, 7) is 0.212. The number of hydrogen-bond donors (Lipinski definition) is 2. The standard InChI is InChI=1S/C27H21F2N3O2/c28-20-10-8-17(9-11-20)16-32-23(26-21(27(32)34)6-3-7-22(26)29)12-13-25(33)31-24-14-18-4-1-2-5-19(18)15-30-24/h1-11,14-15,34H,12-13,16H2,(H,30,31,33). The fraction of sp³-hybridized carbons (Fsp3) is 0.111. The van der Waals surface area contributed by atoms with E-state index in [1.807, 2.05) is 24.3 Å². The van der Waals surface area contributed by atoms with Gasteiger partial charge in [0.25, 0.3) is 0 Å². The van der Waals surface area contributed by atoms with Crippen molar-refractivity contribution in [2.45, 2.75) is 19.4 Å². The molecule has 1 amide bonds. The third-order valence-corrected chi connectivity index (χ3v) is 5.87. The summed E-state index contributed by atoms with van der Waals surface area (Å²) in [4.78, 5) is 17.0. The fourth-order valence-corrected chi connectivity index (χ4v) is 4.20. The van der Waals surface area contributed by atoms with Gasteiger partial charge in [0.15, 0.2) is 5.88 Å². The lowest BCUT2D eigenvalue weighted by Gasteiger charge is -2.12. The van der Waals surface area contributed by atoms with Crippen molar-refractivity contribution < 1.29 is 18.7 Å². The molecule has 0 saturated carbocycles. The molecule has 0 unspecified atom stereocenters. The minimum Gasteiger partial charge on any atom is -0.494 e. The average Bonchev–Trinajstić information content (AvgIpc) is 3.11. The molecule has 0 fully saturated rings. The maximum atomic E-state index is 14.8. The van der Waals surface area contributed by atoms with Crippen LogP contribution in [0.2, 0.25) is 0 Å². The monoisotopic (exact) mass is 457 g/mol. The van der Waals surface area contributed by atoms with Gasteiger partial charge in [-0.3, -0.25) is 4.79 Å². The van der Waals surface area contributed by atoms with Gasteiger partial charge in [-0.25, -0.2) is 13.8 Å². The topological polar surface area (TPSA) is 67.2 Å². The molecule has 5 aromatic rings. The van der Waals surface area contributed by atoms with Crippen molar-refractivity contribution in [1.82, 2.24) is 9.55 Å². The first kappa shape index (κ1) is 21.6. The minimum atomic E-state index is -0.475. The van der Waals surface area contributed by atoms with E-state index in [2.05, 4.69) is 10.3 Å². The first-order valence-electron chi connectivity index (χ1n) is 10.9. The molecule has 2 N–H and O–H groups in total. The second-order valence-corrected chi connectivity index (χ2v) is 8.11. The van der Waals surface area contributed by atoms with Gasteiger partial charge in [0.1, 0.15) is 17.5 Å². The lowest BCUT2D eigenvalue weighted by molar-refractivity contribution is -0.116. The SMILES string of the molecule is O=C(CCc1c2c(F)cccc2c(O)n1Cc1ccc(F)cc1)Nc1cc2ccccc2cn1. The molecule has 0 aliphatic rings. The van der Waals surface area contributed by atoms with Crippen molar-refractivity contribution in [2.24, 2.45) is 0 Å². The van der Waals surface area contributed by atoms with E-state index in [4.69, 9.17) is 0 Å². The van der Waals surface area contributed by atoms with Gasteiger partial charge in [-0.2, -0.15) is 0 Å². The van der Waals surface area contributed by atoms with Crippen LogP contribution in [0.4, 0.5) is 14.6 Å². The van der Waals surface area contributed by atoms with Crippen molar-refractivity contribution in [2.75, 3.05) is 5.32 Å². The van der Waals surface area contributed by atoms with Crippen LogP contribution in [0.15, 0.2) is 79.0 Å². The maximum Gasteiger partial charge on any atom is 0.225 e. The number of aromatic nitrogens is 2. The van der Waals surface area contributed by atoms with Gasteiger partial charge in [0, 0.05) is 34.5 Å². The zero-order chi connectivity index (χ0) is 23.7. The zero-order valence-electron chi connectivity index (χ0n) is 18.1. The molecule has 34 heavy (non-hydrogen) atoms. The van der Waals surface area contributed by atoms with Gasteiger partial charge in [0.2, 0.25) is 5.91 Å². The van der Waals surface area contributed by atoms with Crippen LogP contribution in [0.25, 0.3) is 21.5 Å². The summed E-state index contributed by atoms with van der Waals surface area (Å²) in [5.41, 5.74) is 1.24. The van der Waals surface area contributed by atoms with Gasteiger partial charge in [-0.05, 0) is 47.7 Å². The molecule has 0 radical (unpaired) electrons. The van der Waals surface area contributed by atoms with E-state index < -0.39 is 5.82 Å². The highest BCUT2D eigenvalue weighted by Crippen LogP contribution is 2.35. The Morgan fingerprint density at radius 2 is 1.74 bits per heavy atom. The van der Waals surface area contributed by atoms with Gasteiger partial charge in [-0.1, -0.05) is 42.5 Å². The third kappa shape index (κ3) is 4.20.